The highest BCUT2D eigenvalue weighted by Gasteiger charge is 2.27. The van der Waals surface area contributed by atoms with Crippen LogP contribution in [0.5, 0.6) is 0 Å². The maximum absolute atomic E-state index is 12.7. The zero-order valence-corrected chi connectivity index (χ0v) is 18.3. The van der Waals surface area contributed by atoms with Crippen molar-refractivity contribution >= 4 is 11.8 Å². The molecular weight excluding hydrogens is 364 g/mol. The lowest BCUT2D eigenvalue weighted by Crippen LogP contribution is -3.18. The highest BCUT2D eigenvalue weighted by Crippen LogP contribution is 2.29. The third-order valence-corrected chi connectivity index (χ3v) is 5.93. The Morgan fingerprint density at radius 3 is 2.31 bits per heavy atom. The molecule has 2 unspecified atom stereocenters. The van der Waals surface area contributed by atoms with Gasteiger partial charge in [-0.3, -0.25) is 9.59 Å². The molecule has 0 saturated carbocycles. The molecule has 0 spiro atoms. The zero-order valence-electron chi connectivity index (χ0n) is 18.3. The fraction of sp³-hybridized carbons (Fsp3) is 0.652. The second-order valence-corrected chi connectivity index (χ2v) is 9.72. The van der Waals surface area contributed by atoms with Gasteiger partial charge in [-0.15, -0.1) is 0 Å². The highest BCUT2D eigenvalue weighted by molar-refractivity contribution is 5.78. The van der Waals surface area contributed by atoms with Gasteiger partial charge in [0, 0.05) is 12.0 Å². The van der Waals surface area contributed by atoms with Crippen molar-refractivity contribution in [1.29, 1.82) is 0 Å². The van der Waals surface area contributed by atoms with Crippen LogP contribution in [0.15, 0.2) is 24.3 Å². The van der Waals surface area contributed by atoms with Crippen molar-refractivity contribution in [3.63, 3.8) is 0 Å². The third-order valence-electron chi connectivity index (χ3n) is 5.93. The number of quaternary nitrogens is 2. The molecule has 29 heavy (non-hydrogen) atoms. The number of rotatable bonds is 5. The van der Waals surface area contributed by atoms with Gasteiger partial charge >= 0.3 is 0 Å². The number of amides is 2. The summed E-state index contributed by atoms with van der Waals surface area (Å²) in [5.41, 5.74) is 2.48. The van der Waals surface area contributed by atoms with Crippen LogP contribution < -0.4 is 20.4 Å². The van der Waals surface area contributed by atoms with Gasteiger partial charge in [-0.05, 0) is 51.2 Å². The number of nitrogens with one attached hydrogen (secondary N) is 4. The van der Waals surface area contributed by atoms with Crippen LogP contribution in [-0.2, 0) is 16.0 Å². The van der Waals surface area contributed by atoms with Gasteiger partial charge in [-0.1, -0.05) is 24.3 Å². The maximum Gasteiger partial charge on any atom is 0.275 e. The van der Waals surface area contributed by atoms with E-state index in [0.717, 1.165) is 51.9 Å². The Labute approximate surface area is 175 Å². The smallest absolute Gasteiger partial charge is 0.275 e. The largest absolute Gasteiger partial charge is 0.347 e. The summed E-state index contributed by atoms with van der Waals surface area (Å²) in [6.45, 7) is 11.0. The van der Waals surface area contributed by atoms with Gasteiger partial charge < -0.3 is 20.4 Å². The summed E-state index contributed by atoms with van der Waals surface area (Å²) in [5.74, 6) is 0.264. The van der Waals surface area contributed by atoms with Crippen molar-refractivity contribution < 1.29 is 19.4 Å². The van der Waals surface area contributed by atoms with Crippen LogP contribution in [0.1, 0.15) is 57.2 Å². The SMILES string of the molecule is CC(C)(C)NC(=O)C[NH+]1CCC[NH+](CC(=O)N[C@@H]2CCCc3ccccc32)CC1. The van der Waals surface area contributed by atoms with E-state index in [-0.39, 0.29) is 23.4 Å². The standard InChI is InChI=1S/C23H36N4O2/c1-23(2,3)25-22(29)17-27-13-7-12-26(14-15-27)16-21(28)24-20-11-6-9-18-8-4-5-10-19(18)20/h4-5,8,10,20H,6-7,9,11-17H2,1-3H3,(H,24,28)(H,25,29)/p+2/t20-/m1/s1. The Bertz CT molecular complexity index is 713. The van der Waals surface area contributed by atoms with E-state index in [1.165, 1.54) is 20.9 Å². The summed E-state index contributed by atoms with van der Waals surface area (Å²) in [6, 6.07) is 8.64. The molecule has 0 bridgehead atoms. The minimum atomic E-state index is -0.185. The Hall–Kier alpha value is -1.92. The fourth-order valence-electron chi connectivity index (χ4n) is 4.61. The van der Waals surface area contributed by atoms with Gasteiger partial charge in [0.25, 0.3) is 11.8 Å². The van der Waals surface area contributed by atoms with E-state index in [2.05, 4.69) is 34.9 Å². The Morgan fingerprint density at radius 2 is 1.62 bits per heavy atom. The zero-order chi connectivity index (χ0) is 20.9. The third kappa shape index (κ3) is 6.82. The minimum Gasteiger partial charge on any atom is -0.347 e. The van der Waals surface area contributed by atoms with Crippen LogP contribution in [0, 0.1) is 0 Å². The molecule has 2 aliphatic rings. The first-order valence-corrected chi connectivity index (χ1v) is 11.2. The molecule has 1 aromatic rings. The highest BCUT2D eigenvalue weighted by atomic mass is 16.2. The van der Waals surface area contributed by atoms with Crippen LogP contribution in [-0.4, -0.2) is 56.6 Å². The molecule has 3 atom stereocenters. The van der Waals surface area contributed by atoms with E-state index >= 15 is 0 Å². The molecule has 160 valence electrons. The van der Waals surface area contributed by atoms with Crippen molar-refractivity contribution in [2.45, 2.75) is 58.0 Å². The van der Waals surface area contributed by atoms with Crippen LogP contribution in [0.25, 0.3) is 0 Å². The van der Waals surface area contributed by atoms with Gasteiger partial charge in [0.15, 0.2) is 13.1 Å². The molecule has 6 heteroatoms. The predicted molar refractivity (Wildman–Crippen MR) is 114 cm³/mol. The summed E-state index contributed by atoms with van der Waals surface area (Å²) >= 11 is 0. The molecule has 1 fully saturated rings. The predicted octanol–water partition coefficient (Wildman–Crippen LogP) is -0.732. The molecule has 4 N–H and O–H groups in total. The summed E-state index contributed by atoms with van der Waals surface area (Å²) < 4.78 is 0. The average molecular weight is 403 g/mol. The van der Waals surface area contributed by atoms with Gasteiger partial charge in [0.05, 0.1) is 19.1 Å². The van der Waals surface area contributed by atoms with Crippen molar-refractivity contribution in [1.82, 2.24) is 10.6 Å². The van der Waals surface area contributed by atoms with E-state index in [1.54, 1.807) is 0 Å². The Morgan fingerprint density at radius 1 is 0.966 bits per heavy atom. The fourth-order valence-corrected chi connectivity index (χ4v) is 4.61. The molecule has 1 saturated heterocycles. The molecule has 3 rings (SSSR count). The molecule has 6 nitrogen and oxygen atoms in total. The van der Waals surface area contributed by atoms with E-state index in [9.17, 15) is 9.59 Å². The molecule has 0 aromatic heterocycles. The summed E-state index contributed by atoms with van der Waals surface area (Å²) in [6.07, 6.45) is 4.32. The second-order valence-electron chi connectivity index (χ2n) is 9.72. The summed E-state index contributed by atoms with van der Waals surface area (Å²) in [4.78, 5) is 27.6. The van der Waals surface area contributed by atoms with E-state index in [4.69, 9.17) is 0 Å². The molecular formula is C23H38N4O2+2. The van der Waals surface area contributed by atoms with Crippen LogP contribution >= 0.6 is 0 Å². The maximum atomic E-state index is 12.7. The van der Waals surface area contributed by atoms with Gasteiger partial charge in [0.2, 0.25) is 0 Å². The van der Waals surface area contributed by atoms with Gasteiger partial charge in [-0.2, -0.15) is 0 Å². The molecule has 1 aliphatic heterocycles. The topological polar surface area (TPSA) is 67.1 Å². The van der Waals surface area contributed by atoms with Crippen LogP contribution in [0.3, 0.4) is 0 Å². The van der Waals surface area contributed by atoms with Crippen molar-refractivity contribution in [3.05, 3.63) is 35.4 Å². The molecule has 1 heterocycles. The Kier molecular flexibility index (Phi) is 7.30. The monoisotopic (exact) mass is 402 g/mol. The van der Waals surface area contributed by atoms with E-state index in [1.807, 2.05) is 20.8 Å². The van der Waals surface area contributed by atoms with Crippen LogP contribution in [0.4, 0.5) is 0 Å². The first-order valence-electron chi connectivity index (χ1n) is 11.2. The van der Waals surface area contributed by atoms with E-state index in [0.29, 0.717) is 13.1 Å². The Balaban J connectivity index is 1.46. The number of benzene rings is 1. The second kappa shape index (κ2) is 9.72. The lowest BCUT2D eigenvalue weighted by Gasteiger charge is -2.27. The molecule has 1 aliphatic carbocycles. The van der Waals surface area contributed by atoms with Crippen molar-refractivity contribution in [2.75, 3.05) is 39.3 Å². The number of aryl methyl sites for hydroxylation is 1. The summed E-state index contributed by atoms with van der Waals surface area (Å²) in [5, 5.41) is 6.33. The normalized spacial score (nSPS) is 24.9. The minimum absolute atomic E-state index is 0.115. The van der Waals surface area contributed by atoms with E-state index < -0.39 is 0 Å². The number of carbonyl (C=O) groups is 2. The van der Waals surface area contributed by atoms with Crippen molar-refractivity contribution in [3.8, 4) is 0 Å². The van der Waals surface area contributed by atoms with Crippen LogP contribution in [0.2, 0.25) is 0 Å². The quantitative estimate of drug-likeness (QED) is 0.525. The first-order chi connectivity index (χ1) is 13.8. The molecule has 0 radical (unpaired) electrons. The lowest BCUT2D eigenvalue weighted by atomic mass is 9.88. The molecule has 1 aromatic carbocycles. The van der Waals surface area contributed by atoms with Gasteiger partial charge in [-0.25, -0.2) is 0 Å². The number of hydrogen-bond donors (Lipinski definition) is 4. The average Bonchev–Trinajstić information content (AvgIpc) is 2.85. The first kappa shape index (κ1) is 21.8. The number of fused-ring (bicyclic) bond motifs is 1. The van der Waals surface area contributed by atoms with Gasteiger partial charge in [0.1, 0.15) is 13.1 Å². The summed E-state index contributed by atoms with van der Waals surface area (Å²) in [7, 11) is 0. The number of hydrogen-bond acceptors (Lipinski definition) is 2. The van der Waals surface area contributed by atoms with Crippen molar-refractivity contribution in [2.24, 2.45) is 0 Å². The number of carbonyl (C=O) groups excluding carboxylic acids is 2. The lowest BCUT2D eigenvalue weighted by molar-refractivity contribution is -0.930. The molecule has 2 amide bonds.